The number of oxazole rings is 1. The van der Waals surface area contributed by atoms with Gasteiger partial charge in [-0.3, -0.25) is 14.9 Å². The highest BCUT2D eigenvalue weighted by molar-refractivity contribution is 6.11. The summed E-state index contributed by atoms with van der Waals surface area (Å²) < 4.78 is 10.8. The zero-order valence-electron chi connectivity index (χ0n) is 23.4. The predicted molar refractivity (Wildman–Crippen MR) is 161 cm³/mol. The van der Waals surface area contributed by atoms with Gasteiger partial charge in [0.1, 0.15) is 0 Å². The van der Waals surface area contributed by atoms with Crippen molar-refractivity contribution in [2.24, 2.45) is 0 Å². The third kappa shape index (κ3) is 5.73. The summed E-state index contributed by atoms with van der Waals surface area (Å²) in [6.07, 6.45) is 1.91. The molecule has 1 fully saturated rings. The molecule has 2 aromatic heterocycles. The topological polar surface area (TPSA) is 112 Å². The number of anilines is 2. The van der Waals surface area contributed by atoms with Crippen LogP contribution in [-0.4, -0.2) is 47.2 Å². The fourth-order valence-corrected chi connectivity index (χ4v) is 5.19. The summed E-state index contributed by atoms with van der Waals surface area (Å²) in [6.45, 7) is 10.4. The maximum Gasteiger partial charge on any atom is 0.417 e. The van der Waals surface area contributed by atoms with Gasteiger partial charge in [0.2, 0.25) is 0 Å². The summed E-state index contributed by atoms with van der Waals surface area (Å²) in [5, 5.41) is 7.77. The molecule has 0 unspecified atom stereocenters. The minimum atomic E-state index is -0.570. The minimum Gasteiger partial charge on any atom is -0.406 e. The number of aromatic nitrogens is 2. The number of H-pyrrole nitrogens is 1. The molecule has 0 aliphatic carbocycles. The predicted octanol–water partition coefficient (Wildman–Crippen LogP) is 6.11. The average molecular weight is 552 g/mol. The van der Waals surface area contributed by atoms with Crippen molar-refractivity contribution < 1.29 is 13.9 Å². The molecule has 2 amide bonds. The lowest BCUT2D eigenvalue weighted by atomic mass is 9.86. The number of pyridine rings is 1. The zero-order chi connectivity index (χ0) is 28.6. The molecule has 0 radical (unpaired) electrons. The van der Waals surface area contributed by atoms with E-state index in [4.69, 9.17) is 14.1 Å². The zero-order valence-corrected chi connectivity index (χ0v) is 23.4. The molecule has 6 rings (SSSR count). The molecule has 3 heterocycles. The molecule has 9 nitrogen and oxygen atoms in total. The first-order chi connectivity index (χ1) is 19.7. The molecule has 1 saturated heterocycles. The summed E-state index contributed by atoms with van der Waals surface area (Å²) in [4.78, 5) is 34.9. The first-order valence-corrected chi connectivity index (χ1v) is 13.8. The van der Waals surface area contributed by atoms with Crippen LogP contribution >= 0.6 is 0 Å². The molecule has 41 heavy (non-hydrogen) atoms. The number of nitrogens with one attached hydrogen (secondary N) is 3. The van der Waals surface area contributed by atoms with Crippen molar-refractivity contribution in [2.75, 3.05) is 36.9 Å². The Labute approximate surface area is 237 Å². The second kappa shape index (κ2) is 10.8. The van der Waals surface area contributed by atoms with Crippen LogP contribution < -0.4 is 16.4 Å². The molecular formula is C32H33N5O4. The van der Waals surface area contributed by atoms with Crippen LogP contribution in [0.3, 0.4) is 0 Å². The molecule has 1 aliphatic heterocycles. The normalized spacial score (nSPS) is 14.4. The van der Waals surface area contributed by atoms with Crippen LogP contribution in [0.15, 0.2) is 76.1 Å². The number of carbonyl (C=O) groups is 1. The molecule has 0 saturated carbocycles. The number of benzene rings is 3. The Morgan fingerprint density at radius 2 is 1.73 bits per heavy atom. The van der Waals surface area contributed by atoms with Gasteiger partial charge in [0.05, 0.1) is 35.8 Å². The summed E-state index contributed by atoms with van der Waals surface area (Å²) in [7, 11) is 0. The summed E-state index contributed by atoms with van der Waals surface area (Å²) in [6, 6.07) is 19.3. The molecule has 0 bridgehead atoms. The summed E-state index contributed by atoms with van der Waals surface area (Å²) in [5.41, 5.74) is 5.76. The molecular weight excluding hydrogens is 518 g/mol. The van der Waals surface area contributed by atoms with Crippen LogP contribution in [0.4, 0.5) is 16.2 Å². The fourth-order valence-electron chi connectivity index (χ4n) is 5.19. The van der Waals surface area contributed by atoms with Crippen molar-refractivity contribution in [3.8, 4) is 11.1 Å². The van der Waals surface area contributed by atoms with Crippen LogP contribution in [0.1, 0.15) is 32.0 Å². The largest absolute Gasteiger partial charge is 0.417 e. The Morgan fingerprint density at radius 1 is 0.976 bits per heavy atom. The molecule has 5 aromatic rings. The molecule has 3 N–H and O–H groups in total. The monoisotopic (exact) mass is 551 g/mol. The van der Waals surface area contributed by atoms with E-state index in [2.05, 4.69) is 53.4 Å². The maximum atomic E-state index is 13.2. The van der Waals surface area contributed by atoms with Crippen molar-refractivity contribution in [3.63, 3.8) is 0 Å². The minimum absolute atomic E-state index is 0.198. The Bertz CT molecular complexity index is 1780. The number of aromatic amines is 1. The number of urea groups is 1. The number of hydrogen-bond acceptors (Lipinski definition) is 6. The summed E-state index contributed by atoms with van der Waals surface area (Å²) in [5.74, 6) is -0.570. The third-order valence-corrected chi connectivity index (χ3v) is 7.43. The van der Waals surface area contributed by atoms with Crippen LogP contribution in [0, 0.1) is 0 Å². The van der Waals surface area contributed by atoms with Crippen LogP contribution in [0.25, 0.3) is 33.0 Å². The van der Waals surface area contributed by atoms with Gasteiger partial charge in [-0.25, -0.2) is 9.59 Å². The van der Waals surface area contributed by atoms with Gasteiger partial charge >= 0.3 is 11.8 Å². The highest BCUT2D eigenvalue weighted by atomic mass is 16.5. The van der Waals surface area contributed by atoms with Crippen molar-refractivity contribution in [1.29, 1.82) is 0 Å². The van der Waals surface area contributed by atoms with E-state index in [-0.39, 0.29) is 5.41 Å². The van der Waals surface area contributed by atoms with Gasteiger partial charge in [0, 0.05) is 36.8 Å². The van der Waals surface area contributed by atoms with Crippen molar-refractivity contribution >= 4 is 39.3 Å². The van der Waals surface area contributed by atoms with E-state index < -0.39 is 11.8 Å². The van der Waals surface area contributed by atoms with Gasteiger partial charge in [-0.1, -0.05) is 57.2 Å². The van der Waals surface area contributed by atoms with Gasteiger partial charge < -0.3 is 19.8 Å². The van der Waals surface area contributed by atoms with Gasteiger partial charge in [-0.2, -0.15) is 0 Å². The third-order valence-electron chi connectivity index (χ3n) is 7.43. The Hall–Kier alpha value is -4.47. The first kappa shape index (κ1) is 26.7. The van der Waals surface area contributed by atoms with Gasteiger partial charge in [-0.15, -0.1) is 0 Å². The number of carbonyl (C=O) groups excluding carboxylic acids is 1. The second-order valence-electron chi connectivity index (χ2n) is 11.4. The first-order valence-electron chi connectivity index (χ1n) is 13.8. The van der Waals surface area contributed by atoms with Crippen molar-refractivity contribution in [3.05, 3.63) is 88.7 Å². The number of rotatable bonds is 5. The average Bonchev–Trinajstić information content (AvgIpc) is 3.34. The molecule has 0 spiro atoms. The van der Waals surface area contributed by atoms with Crippen LogP contribution in [-0.2, 0) is 16.7 Å². The van der Waals surface area contributed by atoms with E-state index in [1.54, 1.807) is 0 Å². The molecule has 1 aliphatic rings. The lowest BCUT2D eigenvalue weighted by Gasteiger charge is -2.26. The van der Waals surface area contributed by atoms with E-state index in [1.165, 1.54) is 0 Å². The molecule has 0 atom stereocenters. The molecule has 3 aromatic carbocycles. The van der Waals surface area contributed by atoms with Gasteiger partial charge in [0.25, 0.3) is 0 Å². The van der Waals surface area contributed by atoms with E-state index in [0.717, 1.165) is 66.0 Å². The number of hydrogen-bond donors (Lipinski definition) is 3. The Balaban J connectivity index is 1.25. The Morgan fingerprint density at radius 3 is 2.46 bits per heavy atom. The van der Waals surface area contributed by atoms with Gasteiger partial charge in [-0.05, 0) is 46.2 Å². The second-order valence-corrected chi connectivity index (χ2v) is 11.4. The highest BCUT2D eigenvalue weighted by Gasteiger charge is 2.20. The lowest BCUT2D eigenvalue weighted by molar-refractivity contribution is 0.0336. The van der Waals surface area contributed by atoms with Crippen molar-refractivity contribution in [1.82, 2.24) is 14.9 Å². The number of ether oxygens (including phenoxy) is 1. The Kier molecular flexibility index (Phi) is 7.07. The fraction of sp³-hybridized carbons (Fsp3) is 0.281. The standard InChI is InChI=1S/C32H33N5O4/c1-32(2,3)21-16-27(29-28(17-21)36-31(39)41-29)35-30(38)34-26-11-10-23(24-6-4-5-7-25(24)26)20-8-9-22(33-18-20)19-37-12-14-40-15-13-37/h4-11,16-18H,12-15,19H2,1-3H3,(H,36,39)(H2,34,35,38). The number of amides is 2. The highest BCUT2D eigenvalue weighted by Crippen LogP contribution is 2.34. The number of nitrogens with zero attached hydrogens (tertiary/aromatic N) is 2. The molecule has 9 heteroatoms. The quantitative estimate of drug-likeness (QED) is 0.243. The maximum absolute atomic E-state index is 13.2. The lowest BCUT2D eigenvalue weighted by Crippen LogP contribution is -2.35. The SMILES string of the molecule is CC(C)(C)c1cc(NC(=O)Nc2ccc(-c3ccc(CN4CCOCC4)nc3)c3ccccc23)c2oc(=O)[nH]c2c1. The smallest absolute Gasteiger partial charge is 0.406 e. The number of fused-ring (bicyclic) bond motifs is 2. The number of morpholine rings is 1. The van der Waals surface area contributed by atoms with Gasteiger partial charge in [0.15, 0.2) is 5.58 Å². The molecule has 210 valence electrons. The van der Waals surface area contributed by atoms with E-state index >= 15 is 0 Å². The summed E-state index contributed by atoms with van der Waals surface area (Å²) >= 11 is 0. The van der Waals surface area contributed by atoms with Crippen LogP contribution in [0.5, 0.6) is 0 Å². The van der Waals surface area contributed by atoms with Crippen LogP contribution in [0.2, 0.25) is 0 Å². The van der Waals surface area contributed by atoms with E-state index in [9.17, 15) is 9.59 Å². The van der Waals surface area contributed by atoms with E-state index in [1.807, 2.05) is 54.7 Å². The van der Waals surface area contributed by atoms with Crippen molar-refractivity contribution in [2.45, 2.75) is 32.7 Å². The van der Waals surface area contributed by atoms with E-state index in [0.29, 0.717) is 22.5 Å².